The number of hydrogen-bond donors (Lipinski definition) is 2. The summed E-state index contributed by atoms with van der Waals surface area (Å²) in [5.41, 5.74) is 10.7. The van der Waals surface area contributed by atoms with Gasteiger partial charge in [0.15, 0.2) is 0 Å². The Morgan fingerprint density at radius 3 is 2.68 bits per heavy atom. The SMILES string of the molecule is COc1cc(C#N)ccc1[C@H]1C(C(N)=O)=C(C)Nc2c(C)cnc(OC3CCCC3)c21. The van der Waals surface area contributed by atoms with Crippen LogP contribution in [0.2, 0.25) is 0 Å². The molecule has 3 N–H and O–H groups in total. The third-order valence-electron chi connectivity index (χ3n) is 6.08. The Morgan fingerprint density at radius 2 is 2.03 bits per heavy atom. The van der Waals surface area contributed by atoms with Gasteiger partial charge in [0.25, 0.3) is 0 Å². The van der Waals surface area contributed by atoms with Crippen molar-refractivity contribution in [3.63, 3.8) is 0 Å². The minimum Gasteiger partial charge on any atom is -0.496 e. The molecule has 1 fully saturated rings. The van der Waals surface area contributed by atoms with Crippen LogP contribution in [0.25, 0.3) is 0 Å². The molecule has 1 aromatic carbocycles. The maximum atomic E-state index is 12.6. The Hall–Kier alpha value is -3.53. The van der Waals surface area contributed by atoms with Crippen molar-refractivity contribution in [3.8, 4) is 17.7 Å². The molecule has 7 heteroatoms. The molecule has 1 amide bonds. The fourth-order valence-corrected chi connectivity index (χ4v) is 4.57. The molecule has 2 heterocycles. The van der Waals surface area contributed by atoms with Crippen LogP contribution < -0.4 is 20.5 Å². The largest absolute Gasteiger partial charge is 0.496 e. The van der Waals surface area contributed by atoms with E-state index in [4.69, 9.17) is 15.2 Å². The summed E-state index contributed by atoms with van der Waals surface area (Å²) in [4.78, 5) is 17.2. The molecular formula is C24H26N4O3. The molecule has 2 aromatic rings. The molecular weight excluding hydrogens is 392 g/mol. The highest BCUT2D eigenvalue weighted by Gasteiger charge is 2.37. The van der Waals surface area contributed by atoms with Crippen LogP contribution >= 0.6 is 0 Å². The molecule has 31 heavy (non-hydrogen) atoms. The van der Waals surface area contributed by atoms with Crippen LogP contribution in [0.15, 0.2) is 35.7 Å². The van der Waals surface area contributed by atoms with Crippen molar-refractivity contribution in [2.24, 2.45) is 5.73 Å². The summed E-state index contributed by atoms with van der Waals surface area (Å²) in [6.45, 7) is 3.80. The van der Waals surface area contributed by atoms with Gasteiger partial charge in [-0.2, -0.15) is 5.26 Å². The number of nitrogens with two attached hydrogens (primary N) is 1. The van der Waals surface area contributed by atoms with E-state index < -0.39 is 11.8 Å². The van der Waals surface area contributed by atoms with E-state index in [9.17, 15) is 10.1 Å². The Labute approximate surface area is 181 Å². The van der Waals surface area contributed by atoms with Crippen molar-refractivity contribution in [2.75, 3.05) is 12.4 Å². The summed E-state index contributed by atoms with van der Waals surface area (Å²) in [5, 5.41) is 12.7. The predicted octanol–water partition coefficient (Wildman–Crippen LogP) is 3.91. The zero-order chi connectivity index (χ0) is 22.1. The summed E-state index contributed by atoms with van der Waals surface area (Å²) in [7, 11) is 1.55. The molecule has 2 aliphatic rings. The number of nitriles is 1. The highest BCUT2D eigenvalue weighted by molar-refractivity contribution is 5.98. The number of nitrogens with one attached hydrogen (secondary N) is 1. The lowest BCUT2D eigenvalue weighted by Crippen LogP contribution is -2.29. The minimum atomic E-state index is -0.528. The number of fused-ring (bicyclic) bond motifs is 1. The first-order chi connectivity index (χ1) is 14.9. The standard InChI is InChI=1S/C24H26N4O3/c1-13-12-27-24(31-16-6-4-5-7-16)21-20(19(23(26)29)14(2)28-22(13)21)17-9-8-15(11-25)10-18(17)30-3/h8-10,12,16,20,28H,4-7H2,1-3H3,(H2,26,29)/t20-/m0/s1. The lowest BCUT2D eigenvalue weighted by atomic mass is 9.79. The van der Waals surface area contributed by atoms with Crippen LogP contribution in [0, 0.1) is 18.3 Å². The molecule has 160 valence electrons. The number of ether oxygens (including phenoxy) is 2. The third-order valence-corrected chi connectivity index (χ3v) is 6.08. The highest BCUT2D eigenvalue weighted by Crippen LogP contribution is 2.49. The monoisotopic (exact) mass is 418 g/mol. The molecule has 1 atom stereocenters. The predicted molar refractivity (Wildman–Crippen MR) is 117 cm³/mol. The van der Waals surface area contributed by atoms with Gasteiger partial charge in [-0.25, -0.2) is 4.98 Å². The second-order valence-electron chi connectivity index (χ2n) is 8.09. The molecule has 4 rings (SSSR count). The van der Waals surface area contributed by atoms with Gasteiger partial charge in [0, 0.05) is 23.0 Å². The van der Waals surface area contributed by atoms with Gasteiger partial charge < -0.3 is 20.5 Å². The normalized spacial score (nSPS) is 18.2. The van der Waals surface area contributed by atoms with Crippen molar-refractivity contribution in [1.82, 2.24) is 4.98 Å². The van der Waals surface area contributed by atoms with Crippen LogP contribution in [0.5, 0.6) is 11.6 Å². The summed E-state index contributed by atoms with van der Waals surface area (Å²) in [5.74, 6) is -0.0416. The number of aromatic nitrogens is 1. The number of methoxy groups -OCH3 is 1. The van der Waals surface area contributed by atoms with E-state index in [1.165, 1.54) is 0 Å². The Balaban J connectivity index is 1.96. The first-order valence-electron chi connectivity index (χ1n) is 10.5. The first-order valence-corrected chi connectivity index (χ1v) is 10.5. The molecule has 0 unspecified atom stereocenters. The van der Waals surface area contributed by atoms with E-state index in [0.29, 0.717) is 28.5 Å². The first kappa shape index (κ1) is 20.7. The third kappa shape index (κ3) is 3.70. The fourth-order valence-electron chi connectivity index (χ4n) is 4.57. The average molecular weight is 418 g/mol. The van der Waals surface area contributed by atoms with Gasteiger partial charge in [-0.05, 0) is 57.2 Å². The van der Waals surface area contributed by atoms with E-state index in [1.807, 2.05) is 19.9 Å². The molecule has 7 nitrogen and oxygen atoms in total. The van der Waals surface area contributed by atoms with Gasteiger partial charge >= 0.3 is 0 Å². The van der Waals surface area contributed by atoms with Crippen LogP contribution in [0.1, 0.15) is 60.8 Å². The number of primary amides is 1. The number of nitrogens with zero attached hydrogens (tertiary/aromatic N) is 2. The second-order valence-corrected chi connectivity index (χ2v) is 8.09. The molecule has 0 saturated heterocycles. The number of anilines is 1. The number of aryl methyl sites for hydroxylation is 1. The summed E-state index contributed by atoms with van der Waals surface area (Å²) >= 11 is 0. The summed E-state index contributed by atoms with van der Waals surface area (Å²) in [6.07, 6.45) is 6.13. The van der Waals surface area contributed by atoms with Gasteiger partial charge in [-0.3, -0.25) is 4.79 Å². The smallest absolute Gasteiger partial charge is 0.247 e. The number of carbonyl (C=O) groups excluding carboxylic acids is 1. The molecule has 0 radical (unpaired) electrons. The van der Waals surface area contributed by atoms with E-state index in [1.54, 1.807) is 25.4 Å². The maximum Gasteiger partial charge on any atom is 0.247 e. The highest BCUT2D eigenvalue weighted by atomic mass is 16.5. The topological polar surface area (TPSA) is 110 Å². The van der Waals surface area contributed by atoms with Crippen molar-refractivity contribution in [2.45, 2.75) is 51.6 Å². The summed E-state index contributed by atoms with van der Waals surface area (Å²) in [6, 6.07) is 7.33. The second kappa shape index (κ2) is 8.31. The van der Waals surface area contributed by atoms with Crippen LogP contribution in [0.3, 0.4) is 0 Å². The van der Waals surface area contributed by atoms with Crippen molar-refractivity contribution in [3.05, 3.63) is 57.9 Å². The number of allylic oxidation sites excluding steroid dienone is 1. The number of benzene rings is 1. The number of amides is 1. The average Bonchev–Trinajstić information content (AvgIpc) is 3.27. The van der Waals surface area contributed by atoms with Gasteiger partial charge in [0.2, 0.25) is 11.8 Å². The minimum absolute atomic E-state index is 0.104. The number of carbonyl (C=O) groups is 1. The number of rotatable bonds is 5. The quantitative estimate of drug-likeness (QED) is 0.762. The molecule has 1 aromatic heterocycles. The van der Waals surface area contributed by atoms with E-state index in [2.05, 4.69) is 16.4 Å². The van der Waals surface area contributed by atoms with Crippen LogP contribution in [-0.2, 0) is 4.79 Å². The Bertz CT molecular complexity index is 1110. The Morgan fingerprint density at radius 1 is 1.29 bits per heavy atom. The van der Waals surface area contributed by atoms with Gasteiger partial charge in [0.1, 0.15) is 11.9 Å². The maximum absolute atomic E-state index is 12.6. The van der Waals surface area contributed by atoms with Crippen molar-refractivity contribution >= 4 is 11.6 Å². The van der Waals surface area contributed by atoms with Crippen LogP contribution in [-0.4, -0.2) is 24.1 Å². The molecule has 1 aliphatic heterocycles. The summed E-state index contributed by atoms with van der Waals surface area (Å²) < 4.78 is 12.0. The van der Waals surface area contributed by atoms with Crippen molar-refractivity contribution < 1.29 is 14.3 Å². The van der Waals surface area contributed by atoms with E-state index >= 15 is 0 Å². The van der Waals surface area contributed by atoms with Crippen LogP contribution in [0.4, 0.5) is 5.69 Å². The Kier molecular flexibility index (Phi) is 5.55. The fraction of sp³-hybridized carbons (Fsp3) is 0.375. The molecule has 1 aliphatic carbocycles. The van der Waals surface area contributed by atoms with E-state index in [0.717, 1.165) is 48.1 Å². The lowest BCUT2D eigenvalue weighted by Gasteiger charge is -2.33. The zero-order valence-electron chi connectivity index (χ0n) is 18.0. The molecule has 0 bridgehead atoms. The lowest BCUT2D eigenvalue weighted by molar-refractivity contribution is -0.114. The zero-order valence-corrected chi connectivity index (χ0v) is 18.0. The molecule has 1 saturated carbocycles. The van der Waals surface area contributed by atoms with Gasteiger partial charge in [0.05, 0.1) is 35.9 Å². The van der Waals surface area contributed by atoms with E-state index in [-0.39, 0.29) is 6.10 Å². The van der Waals surface area contributed by atoms with Crippen molar-refractivity contribution in [1.29, 1.82) is 5.26 Å². The van der Waals surface area contributed by atoms with Gasteiger partial charge in [-0.15, -0.1) is 0 Å². The van der Waals surface area contributed by atoms with Gasteiger partial charge in [-0.1, -0.05) is 6.07 Å². The number of pyridine rings is 1. The number of hydrogen-bond acceptors (Lipinski definition) is 6. The molecule has 0 spiro atoms.